The van der Waals surface area contributed by atoms with Crippen LogP contribution < -0.4 is 0 Å². The Morgan fingerprint density at radius 3 is 2.52 bits per heavy atom. The number of Topliss-reactive ketones (excluding diaryl/α,β-unsaturated/α-hetero) is 1. The minimum absolute atomic E-state index is 0.0122. The van der Waals surface area contributed by atoms with E-state index >= 15 is 0 Å². The first-order chi connectivity index (χ1) is 12.9. The number of fused-ring (bicyclic) bond motifs is 1. The number of amides is 1. The third-order valence-corrected chi connectivity index (χ3v) is 5.46. The minimum atomic E-state index is -0.357. The minimum Gasteiger partial charge on any atom is -0.336 e. The Balaban J connectivity index is 1.55. The molecule has 1 aliphatic rings. The van der Waals surface area contributed by atoms with Crippen LogP contribution in [0.5, 0.6) is 0 Å². The van der Waals surface area contributed by atoms with E-state index in [-0.39, 0.29) is 23.8 Å². The average molecular weight is 364 g/mol. The summed E-state index contributed by atoms with van der Waals surface area (Å²) in [6.45, 7) is 8.83. The maximum Gasteiger partial charge on any atom is 0.245 e. The number of benzene rings is 1. The molecule has 0 N–H and O–H groups in total. The van der Waals surface area contributed by atoms with Crippen LogP contribution in [0.2, 0.25) is 0 Å². The van der Waals surface area contributed by atoms with E-state index in [2.05, 4.69) is 11.2 Å². The summed E-state index contributed by atoms with van der Waals surface area (Å²) in [6, 6.07) is 9.68. The number of hydrogen-bond donors (Lipinski definition) is 0. The van der Waals surface area contributed by atoms with E-state index in [0.717, 1.165) is 22.3 Å². The second kappa shape index (κ2) is 6.37. The van der Waals surface area contributed by atoms with E-state index < -0.39 is 0 Å². The molecule has 0 saturated carbocycles. The Labute approximate surface area is 158 Å². The molecule has 0 unspecified atom stereocenters. The smallest absolute Gasteiger partial charge is 0.245 e. The molecular weight excluding hydrogens is 340 g/mol. The number of likely N-dealkylation sites (tertiary alicyclic amines) is 1. The Morgan fingerprint density at radius 1 is 1.19 bits per heavy atom. The molecule has 1 aromatic carbocycles. The van der Waals surface area contributed by atoms with Crippen molar-refractivity contribution in [2.24, 2.45) is 0 Å². The fourth-order valence-corrected chi connectivity index (χ4v) is 3.99. The summed E-state index contributed by atoms with van der Waals surface area (Å²) in [5, 5.41) is 5.43. The fourth-order valence-electron chi connectivity index (χ4n) is 3.99. The number of para-hydroxylation sites is 1. The van der Waals surface area contributed by atoms with Gasteiger partial charge >= 0.3 is 0 Å². The van der Waals surface area contributed by atoms with Crippen molar-refractivity contribution >= 4 is 22.6 Å². The van der Waals surface area contributed by atoms with Crippen molar-refractivity contribution in [2.45, 2.75) is 39.8 Å². The van der Waals surface area contributed by atoms with Crippen LogP contribution in [0.3, 0.4) is 0 Å². The lowest BCUT2D eigenvalue weighted by molar-refractivity contribution is -0.140. The van der Waals surface area contributed by atoms with Crippen molar-refractivity contribution in [2.75, 3.05) is 13.1 Å². The van der Waals surface area contributed by atoms with Gasteiger partial charge in [0.1, 0.15) is 6.04 Å². The van der Waals surface area contributed by atoms with Crippen LogP contribution >= 0.6 is 0 Å². The lowest BCUT2D eigenvalue weighted by Gasteiger charge is -2.41. The highest BCUT2D eigenvalue weighted by atomic mass is 16.2. The standard InChI is InChI=1S/C21H24N4O2/c1-13-9-14(2)25(22-13)17-10-23(11-17)21(27)15(3)24-12-19(16(4)26)18-7-5-6-8-20(18)24/h5-9,12,15,17H,10-11H2,1-4H3/t15-/m0/s1. The number of nitrogens with zero attached hydrogens (tertiary/aromatic N) is 4. The van der Waals surface area contributed by atoms with E-state index in [4.69, 9.17) is 0 Å². The Kier molecular flexibility index (Phi) is 4.13. The van der Waals surface area contributed by atoms with Gasteiger partial charge in [0.2, 0.25) is 5.91 Å². The zero-order chi connectivity index (χ0) is 19.3. The normalized spacial score (nSPS) is 15.8. The first kappa shape index (κ1) is 17.5. The van der Waals surface area contributed by atoms with Crippen LogP contribution in [0.4, 0.5) is 0 Å². The number of aryl methyl sites for hydroxylation is 2. The first-order valence-electron chi connectivity index (χ1n) is 9.29. The van der Waals surface area contributed by atoms with E-state index in [1.54, 1.807) is 6.92 Å². The van der Waals surface area contributed by atoms with Crippen LogP contribution in [0.1, 0.15) is 47.7 Å². The molecule has 1 atom stereocenters. The molecule has 4 rings (SSSR count). The summed E-state index contributed by atoms with van der Waals surface area (Å²) < 4.78 is 3.94. The molecule has 2 aromatic heterocycles. The third kappa shape index (κ3) is 2.85. The van der Waals surface area contributed by atoms with Crippen molar-refractivity contribution in [1.82, 2.24) is 19.2 Å². The maximum absolute atomic E-state index is 13.0. The van der Waals surface area contributed by atoms with E-state index in [0.29, 0.717) is 18.7 Å². The highest BCUT2D eigenvalue weighted by molar-refractivity contribution is 6.07. The van der Waals surface area contributed by atoms with E-state index in [1.807, 2.05) is 65.4 Å². The van der Waals surface area contributed by atoms with Gasteiger partial charge < -0.3 is 9.47 Å². The molecule has 1 aliphatic heterocycles. The van der Waals surface area contributed by atoms with Crippen molar-refractivity contribution in [1.29, 1.82) is 0 Å². The monoisotopic (exact) mass is 364 g/mol. The van der Waals surface area contributed by atoms with Gasteiger partial charge in [0.25, 0.3) is 0 Å². The van der Waals surface area contributed by atoms with Gasteiger partial charge in [-0.1, -0.05) is 18.2 Å². The number of hydrogen-bond acceptors (Lipinski definition) is 3. The summed E-state index contributed by atoms with van der Waals surface area (Å²) in [5.74, 6) is 0.0850. The van der Waals surface area contributed by atoms with Crippen molar-refractivity contribution in [3.63, 3.8) is 0 Å². The lowest BCUT2D eigenvalue weighted by Crippen LogP contribution is -2.53. The molecule has 0 aliphatic carbocycles. The van der Waals surface area contributed by atoms with Crippen molar-refractivity contribution in [3.8, 4) is 0 Å². The largest absolute Gasteiger partial charge is 0.336 e. The van der Waals surface area contributed by atoms with Crippen molar-refractivity contribution < 1.29 is 9.59 Å². The predicted molar refractivity (Wildman–Crippen MR) is 104 cm³/mol. The number of rotatable bonds is 4. The van der Waals surface area contributed by atoms with Gasteiger partial charge in [0, 0.05) is 41.4 Å². The van der Waals surface area contributed by atoms with Gasteiger partial charge in [-0.3, -0.25) is 14.3 Å². The zero-order valence-electron chi connectivity index (χ0n) is 16.1. The van der Waals surface area contributed by atoms with Crippen LogP contribution in [0.25, 0.3) is 10.9 Å². The van der Waals surface area contributed by atoms with Crippen molar-refractivity contribution in [3.05, 3.63) is 53.5 Å². The van der Waals surface area contributed by atoms with Gasteiger partial charge in [-0.05, 0) is 39.8 Å². The number of carbonyl (C=O) groups is 2. The first-order valence-corrected chi connectivity index (χ1v) is 9.29. The van der Waals surface area contributed by atoms with E-state index in [9.17, 15) is 9.59 Å². The zero-order valence-corrected chi connectivity index (χ0v) is 16.1. The van der Waals surface area contributed by atoms with Crippen LogP contribution in [-0.2, 0) is 4.79 Å². The summed E-state index contributed by atoms with van der Waals surface area (Å²) in [6.07, 6.45) is 1.81. The number of ketones is 1. The summed E-state index contributed by atoms with van der Waals surface area (Å²) >= 11 is 0. The molecule has 0 radical (unpaired) electrons. The predicted octanol–water partition coefficient (Wildman–Crippen LogP) is 3.30. The fraction of sp³-hybridized carbons (Fsp3) is 0.381. The van der Waals surface area contributed by atoms with Crippen LogP contribution in [-0.4, -0.2) is 44.0 Å². The molecule has 1 amide bonds. The van der Waals surface area contributed by atoms with Gasteiger partial charge in [0.05, 0.1) is 11.7 Å². The SMILES string of the molecule is CC(=O)c1cn([C@@H](C)C(=O)N2CC(n3nc(C)cc3C)C2)c2ccccc12. The molecule has 27 heavy (non-hydrogen) atoms. The highest BCUT2D eigenvalue weighted by Crippen LogP contribution is 2.29. The Hall–Kier alpha value is -2.89. The molecule has 1 saturated heterocycles. The molecule has 140 valence electrons. The maximum atomic E-state index is 13.0. The van der Waals surface area contributed by atoms with Gasteiger partial charge in [-0.15, -0.1) is 0 Å². The number of aromatic nitrogens is 3. The molecule has 3 heterocycles. The summed E-state index contributed by atoms with van der Waals surface area (Å²) in [4.78, 5) is 26.9. The summed E-state index contributed by atoms with van der Waals surface area (Å²) in [5.41, 5.74) is 3.70. The lowest BCUT2D eigenvalue weighted by atomic mass is 10.1. The molecule has 1 fully saturated rings. The topological polar surface area (TPSA) is 60.1 Å². The van der Waals surface area contributed by atoms with Gasteiger partial charge in [0.15, 0.2) is 5.78 Å². The van der Waals surface area contributed by atoms with Gasteiger partial charge in [-0.25, -0.2) is 0 Å². The quantitative estimate of drug-likeness (QED) is 0.668. The number of carbonyl (C=O) groups excluding carboxylic acids is 2. The second-order valence-corrected chi connectivity index (χ2v) is 7.47. The molecule has 3 aromatic rings. The molecule has 0 bridgehead atoms. The molecular formula is C21H24N4O2. The van der Waals surface area contributed by atoms with Crippen LogP contribution in [0, 0.1) is 13.8 Å². The molecule has 6 heteroatoms. The molecule has 6 nitrogen and oxygen atoms in total. The third-order valence-electron chi connectivity index (χ3n) is 5.46. The second-order valence-electron chi connectivity index (χ2n) is 7.47. The highest BCUT2D eigenvalue weighted by Gasteiger charge is 2.36. The Morgan fingerprint density at radius 2 is 1.89 bits per heavy atom. The van der Waals surface area contributed by atoms with E-state index in [1.165, 1.54) is 0 Å². The molecule has 0 spiro atoms. The average Bonchev–Trinajstić information content (AvgIpc) is 3.13. The summed E-state index contributed by atoms with van der Waals surface area (Å²) in [7, 11) is 0. The van der Waals surface area contributed by atoms with Crippen LogP contribution in [0.15, 0.2) is 36.5 Å². The van der Waals surface area contributed by atoms with Gasteiger partial charge in [-0.2, -0.15) is 5.10 Å². The Bertz CT molecular complexity index is 1040.